The summed E-state index contributed by atoms with van der Waals surface area (Å²) in [6, 6.07) is 12.2. The van der Waals surface area contributed by atoms with Gasteiger partial charge in [0.2, 0.25) is 0 Å². The molecule has 29 heavy (non-hydrogen) atoms. The number of rotatable bonds is 5. The van der Waals surface area contributed by atoms with E-state index < -0.39 is 6.10 Å². The number of halogens is 2. The highest BCUT2D eigenvalue weighted by Gasteiger charge is 2.24. The minimum atomic E-state index is -0.758. The summed E-state index contributed by atoms with van der Waals surface area (Å²) in [7, 11) is 0. The van der Waals surface area contributed by atoms with Gasteiger partial charge in [-0.25, -0.2) is 0 Å². The normalized spacial score (nSPS) is 15.7. The lowest BCUT2D eigenvalue weighted by Crippen LogP contribution is -2.38. The van der Waals surface area contributed by atoms with Crippen LogP contribution in [0.25, 0.3) is 0 Å². The summed E-state index contributed by atoms with van der Waals surface area (Å²) in [5, 5.41) is 3.41. The van der Waals surface area contributed by atoms with Crippen LogP contribution in [0.15, 0.2) is 46.9 Å². The third-order valence-corrected chi connectivity index (χ3v) is 5.91. The van der Waals surface area contributed by atoms with Crippen molar-refractivity contribution in [2.45, 2.75) is 32.8 Å². The van der Waals surface area contributed by atoms with Crippen molar-refractivity contribution in [2.24, 2.45) is 5.92 Å². The maximum absolute atomic E-state index is 13.0. The van der Waals surface area contributed by atoms with Gasteiger partial charge < -0.3 is 15.0 Å². The quantitative estimate of drug-likeness (QED) is 0.626. The van der Waals surface area contributed by atoms with Gasteiger partial charge in [0.25, 0.3) is 11.8 Å². The Balaban J connectivity index is 1.69. The molecule has 0 radical (unpaired) electrons. The van der Waals surface area contributed by atoms with Crippen LogP contribution in [0.1, 0.15) is 37.0 Å². The summed E-state index contributed by atoms with van der Waals surface area (Å²) in [6.45, 7) is 5.35. The van der Waals surface area contributed by atoms with E-state index in [2.05, 4.69) is 28.2 Å². The average Bonchev–Trinajstić information content (AvgIpc) is 2.70. The predicted molar refractivity (Wildman–Crippen MR) is 119 cm³/mol. The molecule has 1 aliphatic rings. The molecule has 154 valence electrons. The van der Waals surface area contributed by atoms with Gasteiger partial charge in [-0.15, -0.1) is 0 Å². The zero-order chi connectivity index (χ0) is 21.0. The maximum Gasteiger partial charge on any atom is 0.265 e. The number of hydrogen-bond acceptors (Lipinski definition) is 3. The van der Waals surface area contributed by atoms with E-state index in [0.29, 0.717) is 32.4 Å². The summed E-state index contributed by atoms with van der Waals surface area (Å²) in [6.07, 6.45) is 1.24. The van der Waals surface area contributed by atoms with Crippen molar-refractivity contribution in [3.8, 4) is 5.75 Å². The molecule has 1 unspecified atom stereocenters. The highest BCUT2D eigenvalue weighted by molar-refractivity contribution is 9.10. The van der Waals surface area contributed by atoms with Crippen LogP contribution in [0.4, 0.5) is 5.69 Å². The summed E-state index contributed by atoms with van der Waals surface area (Å²) in [5.74, 6) is 0.768. The molecule has 1 N–H and O–H groups in total. The average molecular weight is 480 g/mol. The number of piperidine rings is 1. The number of nitrogens with zero attached hydrogens (tertiary/aromatic N) is 1. The van der Waals surface area contributed by atoms with Crippen molar-refractivity contribution in [2.75, 3.05) is 18.4 Å². The topological polar surface area (TPSA) is 58.6 Å². The Morgan fingerprint density at radius 3 is 2.59 bits per heavy atom. The highest BCUT2D eigenvalue weighted by Crippen LogP contribution is 2.29. The molecule has 0 spiro atoms. The molecule has 5 nitrogen and oxygen atoms in total. The Labute approximate surface area is 184 Å². The first kappa shape index (κ1) is 21.7. The van der Waals surface area contributed by atoms with Gasteiger partial charge >= 0.3 is 0 Å². The van der Waals surface area contributed by atoms with E-state index >= 15 is 0 Å². The number of likely N-dealkylation sites (tertiary alicyclic amines) is 1. The SMILES string of the molecule is CC1CCN(C(=O)c2ccccc2NC(=O)C(C)Oc2ccc(Cl)cc2Br)CC1. The summed E-state index contributed by atoms with van der Waals surface area (Å²) < 4.78 is 6.42. The van der Waals surface area contributed by atoms with E-state index in [1.54, 1.807) is 49.4 Å². The van der Waals surface area contributed by atoms with Crippen molar-refractivity contribution in [1.82, 2.24) is 4.90 Å². The Bertz CT molecular complexity index is 897. The monoisotopic (exact) mass is 478 g/mol. The zero-order valence-electron chi connectivity index (χ0n) is 16.5. The number of amides is 2. The van der Waals surface area contributed by atoms with Crippen molar-refractivity contribution in [3.63, 3.8) is 0 Å². The van der Waals surface area contributed by atoms with Crippen LogP contribution in [-0.2, 0) is 4.79 Å². The van der Waals surface area contributed by atoms with Crippen molar-refractivity contribution in [3.05, 3.63) is 57.5 Å². The second-order valence-corrected chi connectivity index (χ2v) is 8.64. The largest absolute Gasteiger partial charge is 0.480 e. The molecule has 7 heteroatoms. The molecular formula is C22H24BrClN2O3. The van der Waals surface area contributed by atoms with Gasteiger partial charge in [0, 0.05) is 18.1 Å². The van der Waals surface area contributed by atoms with E-state index in [9.17, 15) is 9.59 Å². The van der Waals surface area contributed by atoms with Crippen molar-refractivity contribution in [1.29, 1.82) is 0 Å². The number of carbonyl (C=O) groups excluding carboxylic acids is 2. The second-order valence-electron chi connectivity index (χ2n) is 7.34. The first-order valence-electron chi connectivity index (χ1n) is 9.66. The van der Waals surface area contributed by atoms with Crippen LogP contribution in [0.2, 0.25) is 5.02 Å². The second kappa shape index (κ2) is 9.63. The van der Waals surface area contributed by atoms with Gasteiger partial charge in [-0.05, 0) is 71.9 Å². The minimum absolute atomic E-state index is 0.0539. The number of anilines is 1. The van der Waals surface area contributed by atoms with Gasteiger partial charge in [-0.1, -0.05) is 30.7 Å². The van der Waals surface area contributed by atoms with Gasteiger partial charge in [-0.3, -0.25) is 9.59 Å². The van der Waals surface area contributed by atoms with Crippen LogP contribution in [0.3, 0.4) is 0 Å². The Hall–Kier alpha value is -2.05. The molecule has 1 atom stereocenters. The maximum atomic E-state index is 13.0. The first-order valence-corrected chi connectivity index (χ1v) is 10.8. The van der Waals surface area contributed by atoms with E-state index in [1.807, 2.05) is 4.90 Å². The molecule has 1 heterocycles. The smallest absolute Gasteiger partial charge is 0.265 e. The lowest BCUT2D eigenvalue weighted by molar-refractivity contribution is -0.122. The Kier molecular flexibility index (Phi) is 7.19. The van der Waals surface area contributed by atoms with Gasteiger partial charge in [0.1, 0.15) is 5.75 Å². The number of benzene rings is 2. The summed E-state index contributed by atoms with van der Waals surface area (Å²) in [5.41, 5.74) is 0.988. The van der Waals surface area contributed by atoms with Crippen LogP contribution in [0.5, 0.6) is 5.75 Å². The lowest BCUT2D eigenvalue weighted by atomic mass is 9.98. The fourth-order valence-electron chi connectivity index (χ4n) is 3.21. The third-order valence-electron chi connectivity index (χ3n) is 5.05. The van der Waals surface area contributed by atoms with Gasteiger partial charge in [-0.2, -0.15) is 0 Å². The molecule has 0 aliphatic carbocycles. The Morgan fingerprint density at radius 1 is 1.21 bits per heavy atom. The van der Waals surface area contributed by atoms with E-state index in [0.717, 1.165) is 25.9 Å². The standard InChI is InChI=1S/C22H24BrClN2O3/c1-14-9-11-26(12-10-14)22(28)17-5-3-4-6-19(17)25-21(27)15(2)29-20-8-7-16(24)13-18(20)23/h3-8,13-15H,9-12H2,1-2H3,(H,25,27). The summed E-state index contributed by atoms with van der Waals surface area (Å²) >= 11 is 9.32. The van der Waals surface area contributed by atoms with Crippen LogP contribution < -0.4 is 10.1 Å². The molecule has 1 fully saturated rings. The molecule has 2 amide bonds. The molecule has 1 aliphatic heterocycles. The predicted octanol–water partition coefficient (Wildman–Crippen LogP) is 5.38. The number of ether oxygens (including phenoxy) is 1. The van der Waals surface area contributed by atoms with E-state index in [-0.39, 0.29) is 11.8 Å². The van der Waals surface area contributed by atoms with E-state index in [1.165, 1.54) is 0 Å². The zero-order valence-corrected chi connectivity index (χ0v) is 18.8. The first-order chi connectivity index (χ1) is 13.8. The molecule has 3 rings (SSSR count). The molecule has 0 bridgehead atoms. The number of para-hydroxylation sites is 1. The van der Waals surface area contributed by atoms with Crippen LogP contribution in [-0.4, -0.2) is 35.9 Å². The van der Waals surface area contributed by atoms with Crippen LogP contribution >= 0.6 is 27.5 Å². The minimum Gasteiger partial charge on any atom is -0.480 e. The molecule has 2 aromatic rings. The Morgan fingerprint density at radius 2 is 1.90 bits per heavy atom. The fourth-order valence-corrected chi connectivity index (χ4v) is 3.99. The third kappa shape index (κ3) is 5.52. The summed E-state index contributed by atoms with van der Waals surface area (Å²) in [4.78, 5) is 27.5. The number of nitrogens with one attached hydrogen (secondary N) is 1. The van der Waals surface area contributed by atoms with Gasteiger partial charge in [0.05, 0.1) is 15.7 Å². The highest BCUT2D eigenvalue weighted by atomic mass is 79.9. The van der Waals surface area contributed by atoms with Gasteiger partial charge in [0.15, 0.2) is 6.10 Å². The van der Waals surface area contributed by atoms with Crippen LogP contribution in [0, 0.1) is 5.92 Å². The molecule has 0 saturated carbocycles. The van der Waals surface area contributed by atoms with E-state index in [4.69, 9.17) is 16.3 Å². The number of carbonyl (C=O) groups is 2. The fraction of sp³-hybridized carbons (Fsp3) is 0.364. The molecular weight excluding hydrogens is 456 g/mol. The lowest BCUT2D eigenvalue weighted by Gasteiger charge is -2.31. The van der Waals surface area contributed by atoms with Crippen molar-refractivity contribution >= 4 is 45.0 Å². The molecule has 0 aromatic heterocycles. The number of hydrogen-bond donors (Lipinski definition) is 1. The molecule has 1 saturated heterocycles. The molecule has 2 aromatic carbocycles. The van der Waals surface area contributed by atoms with Crippen molar-refractivity contribution < 1.29 is 14.3 Å².